The second-order valence-corrected chi connectivity index (χ2v) is 10.7. The number of alkyl halides is 6. The topological polar surface area (TPSA) is 174 Å². The molecule has 250 valence electrons. The van der Waals surface area contributed by atoms with Gasteiger partial charge in [-0.05, 0) is 58.9 Å². The van der Waals surface area contributed by atoms with Crippen molar-refractivity contribution < 1.29 is 50.6 Å². The minimum absolute atomic E-state index is 0.0199. The smallest absolute Gasteiger partial charge is 0.475 e. The largest absolute Gasteiger partial charge is 0.490 e. The molecule has 2 aromatic carbocycles. The Hall–Kier alpha value is -5.07. The van der Waals surface area contributed by atoms with Gasteiger partial charge in [-0.1, -0.05) is 30.3 Å². The van der Waals surface area contributed by atoms with E-state index in [-0.39, 0.29) is 30.7 Å². The van der Waals surface area contributed by atoms with Crippen molar-refractivity contribution in [3.05, 3.63) is 78.2 Å². The van der Waals surface area contributed by atoms with Crippen LogP contribution in [0.15, 0.2) is 67.1 Å². The van der Waals surface area contributed by atoms with E-state index in [0.29, 0.717) is 11.3 Å². The van der Waals surface area contributed by atoms with Gasteiger partial charge in [-0.25, -0.2) is 4.79 Å². The van der Waals surface area contributed by atoms with Crippen LogP contribution in [0.25, 0.3) is 16.6 Å². The molecule has 2 aromatic heterocycles. The molecule has 0 aliphatic carbocycles. The van der Waals surface area contributed by atoms with Crippen LogP contribution in [0.2, 0.25) is 0 Å². The second-order valence-electron chi connectivity index (χ2n) is 9.58. The van der Waals surface area contributed by atoms with E-state index in [4.69, 9.17) is 15.6 Å². The Morgan fingerprint density at radius 2 is 1.64 bits per heavy atom. The number of amides is 2. The molecule has 0 unspecified atom stereocenters. The third-order valence-corrected chi connectivity index (χ3v) is 7.30. The first-order valence-corrected chi connectivity index (χ1v) is 14.5. The summed E-state index contributed by atoms with van der Waals surface area (Å²) >= 11 is 0.804. The summed E-state index contributed by atoms with van der Waals surface area (Å²) < 4.78 is 70.6. The molecule has 0 bridgehead atoms. The molecule has 0 aliphatic rings. The standard InChI is InChI=1S/C26H24F3N7O3S.C2HF3O2/c27-26(28,29)23(37)15-40-11-5-10-22(24(30)38)35(14-17-12-18-6-1-3-8-20(18)31-13-17)25(39)19-7-2-4-9-21(19)36-16-32-33-34-36;3-2(4,5)1(6)7/h1-4,6-9,12-13,16,22H,5,10-11,14-15H2,(H2,30,38);(H,6,7)/t22-;/m0./s1. The number of benzene rings is 2. The fourth-order valence-corrected chi connectivity index (χ4v) is 4.95. The minimum atomic E-state index is -5.08. The van der Waals surface area contributed by atoms with Gasteiger partial charge in [0.05, 0.1) is 22.5 Å². The number of primary amides is 1. The number of carbonyl (C=O) groups excluding carboxylic acids is 3. The van der Waals surface area contributed by atoms with Crippen molar-refractivity contribution >= 4 is 46.2 Å². The number of tetrazole rings is 1. The molecule has 0 saturated carbocycles. The van der Waals surface area contributed by atoms with Crippen LogP contribution >= 0.6 is 11.8 Å². The first-order valence-electron chi connectivity index (χ1n) is 13.3. The van der Waals surface area contributed by atoms with Gasteiger partial charge >= 0.3 is 18.3 Å². The predicted molar refractivity (Wildman–Crippen MR) is 155 cm³/mol. The van der Waals surface area contributed by atoms with Gasteiger partial charge in [0.15, 0.2) is 0 Å². The number of fused-ring (bicyclic) bond motifs is 1. The number of aliphatic carboxylic acids is 1. The molecular formula is C28H25F6N7O5S. The van der Waals surface area contributed by atoms with Crippen LogP contribution in [0, 0.1) is 0 Å². The minimum Gasteiger partial charge on any atom is -0.475 e. The molecule has 19 heteroatoms. The number of carboxylic acid groups (broad SMARTS) is 1. The molecule has 2 heterocycles. The molecule has 12 nitrogen and oxygen atoms in total. The third kappa shape index (κ3) is 10.5. The van der Waals surface area contributed by atoms with Crippen molar-refractivity contribution in [1.29, 1.82) is 0 Å². The summed E-state index contributed by atoms with van der Waals surface area (Å²) in [5, 5.41) is 19.1. The number of Topliss-reactive ketones (excluding diaryl/α,β-unsaturated/α-hetero) is 1. The van der Waals surface area contributed by atoms with E-state index in [1.165, 1.54) is 15.9 Å². The normalized spacial score (nSPS) is 12.1. The average molecular weight is 686 g/mol. The zero-order valence-electron chi connectivity index (χ0n) is 24.0. The fraction of sp³-hybridized carbons (Fsp3) is 0.286. The number of thioether (sulfide) groups is 1. The van der Waals surface area contributed by atoms with Gasteiger partial charge in [0, 0.05) is 18.1 Å². The highest BCUT2D eigenvalue weighted by Crippen LogP contribution is 2.24. The number of nitrogens with two attached hydrogens (primary N) is 1. The van der Waals surface area contributed by atoms with E-state index >= 15 is 0 Å². The highest BCUT2D eigenvalue weighted by atomic mass is 32.2. The number of carbonyl (C=O) groups is 4. The van der Waals surface area contributed by atoms with Crippen molar-refractivity contribution in [3.63, 3.8) is 0 Å². The molecule has 0 saturated heterocycles. The number of para-hydroxylation sites is 2. The van der Waals surface area contributed by atoms with E-state index in [2.05, 4.69) is 20.5 Å². The maximum atomic E-state index is 14.0. The average Bonchev–Trinajstić information content (AvgIpc) is 3.56. The Morgan fingerprint density at radius 1 is 0.979 bits per heavy atom. The van der Waals surface area contributed by atoms with Gasteiger partial charge < -0.3 is 15.7 Å². The second kappa shape index (κ2) is 16.0. The zero-order chi connectivity index (χ0) is 34.8. The molecule has 3 N–H and O–H groups in total. The van der Waals surface area contributed by atoms with Crippen LogP contribution < -0.4 is 5.73 Å². The van der Waals surface area contributed by atoms with E-state index < -0.39 is 47.7 Å². The number of ketones is 1. The van der Waals surface area contributed by atoms with Gasteiger partial charge in [0.25, 0.3) is 5.91 Å². The van der Waals surface area contributed by atoms with Gasteiger partial charge in [-0.2, -0.15) is 42.8 Å². The molecule has 4 aromatic rings. The zero-order valence-corrected chi connectivity index (χ0v) is 24.8. The number of halogens is 6. The van der Waals surface area contributed by atoms with Crippen LogP contribution in [0.3, 0.4) is 0 Å². The van der Waals surface area contributed by atoms with Crippen LogP contribution in [0.1, 0.15) is 28.8 Å². The van der Waals surface area contributed by atoms with E-state index in [0.717, 1.165) is 22.7 Å². The van der Waals surface area contributed by atoms with E-state index in [1.54, 1.807) is 30.5 Å². The SMILES string of the molecule is NC(=O)[C@H](CCCSCC(=O)C(F)(F)F)N(Cc1cnc2ccccc2c1)C(=O)c1ccccc1-n1cnnn1.O=C(O)C(F)(F)F. The molecule has 47 heavy (non-hydrogen) atoms. The lowest BCUT2D eigenvalue weighted by atomic mass is 10.0. The summed E-state index contributed by atoms with van der Waals surface area (Å²) in [7, 11) is 0. The van der Waals surface area contributed by atoms with Crippen LogP contribution in [-0.2, 0) is 20.9 Å². The number of rotatable bonds is 12. The molecule has 4 rings (SSSR count). The Kier molecular flexibility index (Phi) is 12.4. The summed E-state index contributed by atoms with van der Waals surface area (Å²) in [6, 6.07) is 14.8. The van der Waals surface area contributed by atoms with E-state index in [1.807, 2.05) is 30.3 Å². The van der Waals surface area contributed by atoms with Gasteiger partial charge in [-0.15, -0.1) is 5.10 Å². The van der Waals surface area contributed by atoms with Crippen LogP contribution in [0.4, 0.5) is 26.3 Å². The number of hydrogen-bond donors (Lipinski definition) is 2. The monoisotopic (exact) mass is 685 g/mol. The highest BCUT2D eigenvalue weighted by molar-refractivity contribution is 7.99. The predicted octanol–water partition coefficient (Wildman–Crippen LogP) is 3.98. The molecular weight excluding hydrogens is 660 g/mol. The van der Waals surface area contributed by atoms with Gasteiger partial charge in [-0.3, -0.25) is 19.4 Å². The lowest BCUT2D eigenvalue weighted by Crippen LogP contribution is -2.47. The Labute approximate surface area is 265 Å². The fourth-order valence-electron chi connectivity index (χ4n) is 4.08. The molecule has 2 amide bonds. The molecule has 1 atom stereocenters. The quantitative estimate of drug-likeness (QED) is 0.164. The first kappa shape index (κ1) is 36.4. The number of nitrogens with zero attached hydrogens (tertiary/aromatic N) is 6. The molecule has 0 fully saturated rings. The first-order chi connectivity index (χ1) is 22.1. The van der Waals surface area contributed by atoms with Crippen molar-refractivity contribution in [3.8, 4) is 5.69 Å². The maximum absolute atomic E-state index is 14.0. The van der Waals surface area contributed by atoms with Crippen molar-refractivity contribution in [1.82, 2.24) is 30.1 Å². The summed E-state index contributed by atoms with van der Waals surface area (Å²) in [4.78, 5) is 52.5. The van der Waals surface area contributed by atoms with Crippen LogP contribution in [0.5, 0.6) is 0 Å². The Balaban J connectivity index is 0.000000771. The third-order valence-electron chi connectivity index (χ3n) is 6.25. The molecule has 0 spiro atoms. The van der Waals surface area contributed by atoms with Crippen molar-refractivity contribution in [2.45, 2.75) is 37.8 Å². The van der Waals surface area contributed by atoms with Crippen molar-refractivity contribution in [2.24, 2.45) is 5.73 Å². The number of hydrogen-bond acceptors (Lipinski definition) is 9. The lowest BCUT2D eigenvalue weighted by Gasteiger charge is -2.30. The molecule has 0 radical (unpaired) electrons. The Bertz CT molecular complexity index is 1700. The lowest BCUT2D eigenvalue weighted by molar-refractivity contribution is -0.192. The van der Waals surface area contributed by atoms with E-state index in [9.17, 15) is 40.7 Å². The van der Waals surface area contributed by atoms with Crippen molar-refractivity contribution in [2.75, 3.05) is 11.5 Å². The summed E-state index contributed by atoms with van der Waals surface area (Å²) in [5.41, 5.74) is 7.74. The number of pyridine rings is 1. The number of aromatic nitrogens is 5. The van der Waals surface area contributed by atoms with Gasteiger partial charge in [0.2, 0.25) is 11.7 Å². The highest BCUT2D eigenvalue weighted by Gasteiger charge is 2.38. The number of carboxylic acids is 1. The maximum Gasteiger partial charge on any atom is 0.490 e. The van der Waals surface area contributed by atoms with Crippen LogP contribution in [-0.4, -0.2) is 88.7 Å². The summed E-state index contributed by atoms with van der Waals surface area (Å²) in [6.45, 7) is -0.0199. The summed E-state index contributed by atoms with van der Waals surface area (Å²) in [5.74, 6) is -6.46. The van der Waals surface area contributed by atoms with Gasteiger partial charge in [0.1, 0.15) is 12.4 Å². The molecule has 0 aliphatic heterocycles. The Morgan fingerprint density at radius 3 is 2.26 bits per heavy atom. The summed E-state index contributed by atoms with van der Waals surface area (Å²) in [6.07, 6.45) is -6.74.